The normalized spacial score (nSPS) is 17.1. The van der Waals surface area contributed by atoms with Crippen molar-refractivity contribution in [1.29, 1.82) is 0 Å². The molecule has 2 aromatic rings. The van der Waals surface area contributed by atoms with E-state index in [0.717, 1.165) is 37.2 Å². The molecule has 0 radical (unpaired) electrons. The van der Waals surface area contributed by atoms with Crippen LogP contribution in [-0.4, -0.2) is 59.8 Å². The van der Waals surface area contributed by atoms with Gasteiger partial charge < -0.3 is 30.3 Å². The molecule has 2 aromatic carbocycles. The van der Waals surface area contributed by atoms with Crippen LogP contribution < -0.4 is 20.1 Å². The molecule has 40 heavy (non-hydrogen) atoms. The van der Waals surface area contributed by atoms with Crippen molar-refractivity contribution in [3.8, 4) is 11.5 Å². The minimum atomic E-state index is -0.490. The van der Waals surface area contributed by atoms with Gasteiger partial charge in [-0.2, -0.15) is 0 Å². The fourth-order valence-corrected chi connectivity index (χ4v) is 5.89. The lowest BCUT2D eigenvalue weighted by atomic mass is 10.0. The molecule has 0 bridgehead atoms. The Balaban J connectivity index is 0.000000220. The lowest BCUT2D eigenvalue weighted by Gasteiger charge is -2.23. The molecule has 0 heterocycles. The predicted octanol–water partition coefficient (Wildman–Crippen LogP) is 5.22. The van der Waals surface area contributed by atoms with Gasteiger partial charge in [0.1, 0.15) is 36.9 Å². The third-order valence-electron chi connectivity index (χ3n) is 8.12. The van der Waals surface area contributed by atoms with Crippen molar-refractivity contribution in [3.63, 3.8) is 0 Å². The van der Waals surface area contributed by atoms with Crippen molar-refractivity contribution in [3.05, 3.63) is 57.6 Å². The minimum absolute atomic E-state index is 0.0356. The monoisotopic (exact) mass is 554 g/mol. The van der Waals surface area contributed by atoms with E-state index in [1.807, 2.05) is 26.0 Å². The van der Waals surface area contributed by atoms with Gasteiger partial charge >= 0.3 is 0 Å². The molecule has 0 unspecified atom stereocenters. The summed E-state index contributed by atoms with van der Waals surface area (Å²) >= 11 is 0. The molecule has 4 N–H and O–H groups in total. The van der Waals surface area contributed by atoms with Crippen LogP contribution in [0, 0.1) is 13.8 Å². The number of aliphatic hydroxyl groups is 2. The van der Waals surface area contributed by atoms with E-state index in [2.05, 4.69) is 64.3 Å². The third kappa shape index (κ3) is 8.94. The average molecular weight is 555 g/mol. The second-order valence-electron chi connectivity index (χ2n) is 12.4. The van der Waals surface area contributed by atoms with Crippen molar-refractivity contribution < 1.29 is 19.7 Å². The lowest BCUT2D eigenvalue weighted by Crippen LogP contribution is -2.43. The summed E-state index contributed by atoms with van der Waals surface area (Å²) in [5.41, 5.74) is 8.32. The van der Waals surface area contributed by atoms with Crippen LogP contribution in [0.3, 0.4) is 0 Å². The topological polar surface area (TPSA) is 83.0 Å². The first-order chi connectivity index (χ1) is 19.0. The molecule has 2 aliphatic rings. The van der Waals surface area contributed by atoms with Crippen molar-refractivity contribution in [1.82, 2.24) is 10.6 Å². The van der Waals surface area contributed by atoms with E-state index in [4.69, 9.17) is 9.47 Å². The van der Waals surface area contributed by atoms with Crippen molar-refractivity contribution in [2.24, 2.45) is 0 Å². The van der Waals surface area contributed by atoms with E-state index in [9.17, 15) is 10.2 Å². The van der Waals surface area contributed by atoms with Crippen LogP contribution in [0.15, 0.2) is 24.3 Å². The van der Waals surface area contributed by atoms with Crippen molar-refractivity contribution >= 4 is 0 Å². The number of benzene rings is 2. The molecule has 4 rings (SSSR count). The Bertz CT molecular complexity index is 999. The zero-order chi connectivity index (χ0) is 29.4. The number of ether oxygens (including phenoxy) is 2. The summed E-state index contributed by atoms with van der Waals surface area (Å²) in [6.07, 6.45) is 5.96. The summed E-state index contributed by atoms with van der Waals surface area (Å²) in [5, 5.41) is 26.9. The minimum Gasteiger partial charge on any atom is -0.491 e. The Labute approximate surface area is 242 Å². The Morgan fingerprint density at radius 2 is 0.950 bits per heavy atom. The third-order valence-corrected chi connectivity index (χ3v) is 8.12. The number of nitrogens with one attached hydrogen (secondary N) is 2. The van der Waals surface area contributed by atoms with Crippen molar-refractivity contribution in [2.45, 2.75) is 130 Å². The molecule has 0 amide bonds. The molecule has 0 fully saturated rings. The van der Waals surface area contributed by atoms with Gasteiger partial charge in [0.25, 0.3) is 0 Å². The molecule has 4 atom stereocenters. The summed E-state index contributed by atoms with van der Waals surface area (Å²) in [6.45, 7) is 17.3. The van der Waals surface area contributed by atoms with Gasteiger partial charge in [-0.1, -0.05) is 39.8 Å². The van der Waals surface area contributed by atoms with Gasteiger partial charge in [0.2, 0.25) is 0 Å². The maximum atomic E-state index is 10.1. The molecule has 0 spiro atoms. The Hall–Kier alpha value is -2.12. The van der Waals surface area contributed by atoms with Crippen molar-refractivity contribution in [2.75, 3.05) is 13.2 Å². The molecular weight excluding hydrogens is 500 g/mol. The van der Waals surface area contributed by atoms with Crippen LogP contribution in [-0.2, 0) is 25.7 Å². The molecule has 0 aliphatic heterocycles. The maximum absolute atomic E-state index is 10.1. The number of aliphatic hydroxyl groups excluding tert-OH is 2. The first-order valence-electron chi connectivity index (χ1n) is 15.3. The smallest absolute Gasteiger partial charge is 0.122 e. The Kier molecular flexibility index (Phi) is 12.3. The summed E-state index contributed by atoms with van der Waals surface area (Å²) in [7, 11) is 0. The fraction of sp³-hybridized carbons (Fsp3) is 0.647. The number of hydrogen-bond acceptors (Lipinski definition) is 6. The molecule has 6 heteroatoms. The van der Waals surface area contributed by atoms with Gasteiger partial charge in [-0.25, -0.2) is 0 Å². The first-order valence-corrected chi connectivity index (χ1v) is 15.3. The quantitative estimate of drug-likeness (QED) is 0.288. The zero-order valence-corrected chi connectivity index (χ0v) is 26.1. The largest absolute Gasteiger partial charge is 0.491 e. The van der Waals surface area contributed by atoms with E-state index in [1.54, 1.807) is 0 Å². The average Bonchev–Trinajstić information content (AvgIpc) is 3.59. The molecule has 6 nitrogen and oxygen atoms in total. The molecule has 0 aromatic heterocycles. The SMILES string of the molecule is Cc1ccc(OC[C@@H](O)[C@H](C)NC(C)C)c2c1CCC2.Cc1ccc(OC[C@@H](O)[C@H](C)NC(C)C)c2c1CCC2. The number of aryl methyl sites for hydroxylation is 2. The van der Waals surface area contributed by atoms with E-state index < -0.39 is 12.2 Å². The fourth-order valence-electron chi connectivity index (χ4n) is 5.89. The maximum Gasteiger partial charge on any atom is 0.122 e. The van der Waals surface area contributed by atoms with Gasteiger partial charge in [0.15, 0.2) is 0 Å². The van der Waals surface area contributed by atoms with E-state index in [0.29, 0.717) is 25.3 Å². The summed E-state index contributed by atoms with van der Waals surface area (Å²) < 4.78 is 11.8. The molecule has 2 aliphatic carbocycles. The summed E-state index contributed by atoms with van der Waals surface area (Å²) in [5.74, 6) is 1.91. The van der Waals surface area contributed by atoms with Crippen LogP contribution in [0.2, 0.25) is 0 Å². The Morgan fingerprint density at radius 3 is 1.30 bits per heavy atom. The number of rotatable bonds is 12. The van der Waals surface area contributed by atoms with Crippen LogP contribution >= 0.6 is 0 Å². The molecule has 224 valence electrons. The van der Waals surface area contributed by atoms with Crippen LogP contribution in [0.5, 0.6) is 11.5 Å². The van der Waals surface area contributed by atoms with E-state index in [-0.39, 0.29) is 12.1 Å². The highest BCUT2D eigenvalue weighted by atomic mass is 16.5. The molecular formula is C34H54N2O4. The van der Waals surface area contributed by atoms with Gasteiger partial charge in [0, 0.05) is 24.2 Å². The molecule has 0 saturated carbocycles. The first kappa shape index (κ1) is 32.4. The standard InChI is InChI=1S/2C17H27NO2/c2*1-11(2)18-13(4)16(19)10-20-17-9-8-12(3)14-6-5-7-15(14)17/h2*8-9,11,13,16,18-19H,5-7,10H2,1-4H3/t2*13-,16+/m00/s1. The molecule has 0 saturated heterocycles. The second-order valence-corrected chi connectivity index (χ2v) is 12.4. The van der Waals surface area contributed by atoms with Crippen LogP contribution in [0.4, 0.5) is 0 Å². The summed E-state index contributed by atoms with van der Waals surface area (Å²) in [6, 6.07) is 9.15. The zero-order valence-electron chi connectivity index (χ0n) is 26.1. The second kappa shape index (κ2) is 15.2. The number of fused-ring (bicyclic) bond motifs is 2. The van der Waals surface area contributed by atoms with Crippen LogP contribution in [0.1, 0.15) is 87.8 Å². The van der Waals surface area contributed by atoms with E-state index >= 15 is 0 Å². The van der Waals surface area contributed by atoms with Gasteiger partial charge in [-0.05, 0) is 112 Å². The highest BCUT2D eigenvalue weighted by Gasteiger charge is 2.22. The van der Waals surface area contributed by atoms with Gasteiger partial charge in [-0.3, -0.25) is 0 Å². The highest BCUT2D eigenvalue weighted by Crippen LogP contribution is 2.34. The highest BCUT2D eigenvalue weighted by molar-refractivity contribution is 5.48. The summed E-state index contributed by atoms with van der Waals surface area (Å²) in [4.78, 5) is 0. The van der Waals surface area contributed by atoms with Gasteiger partial charge in [0.05, 0.1) is 0 Å². The Morgan fingerprint density at radius 1 is 0.600 bits per heavy atom. The number of hydrogen-bond donors (Lipinski definition) is 4. The van der Waals surface area contributed by atoms with Gasteiger partial charge in [-0.15, -0.1) is 0 Å². The van der Waals surface area contributed by atoms with Crippen LogP contribution in [0.25, 0.3) is 0 Å². The lowest BCUT2D eigenvalue weighted by molar-refractivity contribution is 0.0755. The predicted molar refractivity (Wildman–Crippen MR) is 165 cm³/mol. The van der Waals surface area contributed by atoms with E-state index in [1.165, 1.54) is 46.2 Å².